The Hall–Kier alpha value is -3.10. The van der Waals surface area contributed by atoms with Crippen molar-refractivity contribution in [3.05, 3.63) is 71.0 Å². The van der Waals surface area contributed by atoms with Gasteiger partial charge >= 0.3 is 0 Å². The molecule has 2 aromatic heterocycles. The molecule has 1 atom stereocenters. The molecule has 1 N–H and O–H groups in total. The topological polar surface area (TPSA) is 77.8 Å². The van der Waals surface area contributed by atoms with Gasteiger partial charge in [0.15, 0.2) is 5.69 Å². The van der Waals surface area contributed by atoms with Crippen LogP contribution in [0.15, 0.2) is 59.8 Å². The number of ether oxygens (including phenoxy) is 1. The number of fused-ring (bicyclic) bond motifs is 3. The van der Waals surface area contributed by atoms with Crippen LogP contribution in [0.1, 0.15) is 30.8 Å². The molecular formula is C23H21ClN6OS. The SMILES string of the molecule is CCCSc1nnc2c(n1)O[C@H](c1c(C)nn(-c3ccccc3)c1Cl)Nc1ccccc1-2. The third kappa shape index (κ3) is 3.80. The quantitative estimate of drug-likeness (QED) is 0.380. The molecular weight excluding hydrogens is 444 g/mol. The van der Waals surface area contributed by atoms with E-state index in [1.54, 1.807) is 16.4 Å². The van der Waals surface area contributed by atoms with Gasteiger partial charge in [0, 0.05) is 17.0 Å². The van der Waals surface area contributed by atoms with Gasteiger partial charge in [0.25, 0.3) is 0 Å². The summed E-state index contributed by atoms with van der Waals surface area (Å²) in [4.78, 5) is 4.67. The summed E-state index contributed by atoms with van der Waals surface area (Å²) in [5.74, 6) is 1.33. The minimum atomic E-state index is -0.594. The van der Waals surface area contributed by atoms with Crippen LogP contribution in [0.2, 0.25) is 5.15 Å². The van der Waals surface area contributed by atoms with Crippen LogP contribution in [0.5, 0.6) is 5.88 Å². The van der Waals surface area contributed by atoms with Crippen molar-refractivity contribution in [1.82, 2.24) is 25.0 Å². The van der Waals surface area contributed by atoms with Crippen molar-refractivity contribution in [2.75, 3.05) is 11.1 Å². The van der Waals surface area contributed by atoms with Crippen LogP contribution in [0.25, 0.3) is 16.9 Å². The molecule has 3 heterocycles. The Kier molecular flexibility index (Phi) is 5.71. The molecule has 0 saturated heterocycles. The highest BCUT2D eigenvalue weighted by Crippen LogP contribution is 2.41. The molecule has 7 nitrogen and oxygen atoms in total. The van der Waals surface area contributed by atoms with Crippen LogP contribution >= 0.6 is 23.4 Å². The van der Waals surface area contributed by atoms with Gasteiger partial charge < -0.3 is 10.1 Å². The zero-order valence-corrected chi connectivity index (χ0v) is 19.2. The smallest absolute Gasteiger partial charge is 0.247 e. The summed E-state index contributed by atoms with van der Waals surface area (Å²) >= 11 is 8.39. The number of aromatic nitrogens is 5. The number of para-hydroxylation sites is 2. The van der Waals surface area contributed by atoms with Gasteiger partial charge in [0.1, 0.15) is 5.15 Å². The van der Waals surface area contributed by atoms with E-state index < -0.39 is 6.23 Å². The average Bonchev–Trinajstić information content (AvgIpc) is 3.02. The maximum Gasteiger partial charge on any atom is 0.247 e. The van der Waals surface area contributed by atoms with Crippen molar-refractivity contribution in [3.8, 4) is 22.8 Å². The van der Waals surface area contributed by atoms with Gasteiger partial charge in [0.2, 0.25) is 17.3 Å². The molecule has 2 aromatic carbocycles. The van der Waals surface area contributed by atoms with E-state index in [0.29, 0.717) is 21.9 Å². The molecule has 1 aliphatic heterocycles. The molecule has 0 amide bonds. The van der Waals surface area contributed by atoms with Crippen LogP contribution in [0.4, 0.5) is 5.69 Å². The first kappa shape index (κ1) is 20.8. The number of rotatable bonds is 5. The van der Waals surface area contributed by atoms with Crippen LogP contribution < -0.4 is 10.1 Å². The largest absolute Gasteiger partial charge is 0.447 e. The van der Waals surface area contributed by atoms with Crippen molar-refractivity contribution < 1.29 is 4.74 Å². The zero-order chi connectivity index (χ0) is 22.1. The lowest BCUT2D eigenvalue weighted by atomic mass is 10.1. The Morgan fingerprint density at radius 3 is 2.69 bits per heavy atom. The second-order valence-electron chi connectivity index (χ2n) is 7.32. The Morgan fingerprint density at radius 2 is 1.88 bits per heavy atom. The van der Waals surface area contributed by atoms with Crippen LogP contribution in [0, 0.1) is 6.92 Å². The van der Waals surface area contributed by atoms with E-state index in [9.17, 15) is 0 Å². The molecule has 0 aliphatic carbocycles. The predicted octanol–water partition coefficient (Wildman–Crippen LogP) is 5.69. The Labute approximate surface area is 195 Å². The van der Waals surface area contributed by atoms with E-state index in [0.717, 1.165) is 40.4 Å². The van der Waals surface area contributed by atoms with Crippen LogP contribution in [0.3, 0.4) is 0 Å². The number of nitrogens with zero attached hydrogens (tertiary/aromatic N) is 5. The molecule has 4 aromatic rings. The van der Waals surface area contributed by atoms with Crippen molar-refractivity contribution in [2.45, 2.75) is 31.7 Å². The molecule has 0 bridgehead atoms. The maximum atomic E-state index is 6.83. The number of anilines is 1. The number of benzene rings is 2. The van der Waals surface area contributed by atoms with Crippen molar-refractivity contribution in [2.24, 2.45) is 0 Å². The number of aryl methyl sites for hydroxylation is 1. The fourth-order valence-electron chi connectivity index (χ4n) is 3.58. The van der Waals surface area contributed by atoms with Crippen LogP contribution in [-0.4, -0.2) is 30.7 Å². The second kappa shape index (κ2) is 8.80. The first-order chi connectivity index (χ1) is 15.7. The van der Waals surface area contributed by atoms with Gasteiger partial charge in [-0.2, -0.15) is 10.1 Å². The maximum absolute atomic E-state index is 6.83. The Bertz CT molecular complexity index is 1260. The predicted molar refractivity (Wildman–Crippen MR) is 127 cm³/mol. The first-order valence-electron chi connectivity index (χ1n) is 10.4. The standard InChI is InChI=1S/C23H21ClN6OS/c1-3-13-32-23-26-22-19(27-28-23)16-11-7-8-12-17(16)25-21(31-22)18-14(2)29-30(20(18)24)15-9-5-4-6-10-15/h4-12,21,25H,3,13H2,1-2H3/t21-/m1/s1. The Balaban J connectivity index is 1.61. The number of hydrogen-bond donors (Lipinski definition) is 1. The Morgan fingerprint density at radius 1 is 1.09 bits per heavy atom. The minimum Gasteiger partial charge on any atom is -0.447 e. The molecule has 0 spiro atoms. The highest BCUT2D eigenvalue weighted by Gasteiger charge is 2.30. The molecule has 5 rings (SSSR count). The zero-order valence-electron chi connectivity index (χ0n) is 17.6. The molecule has 0 unspecified atom stereocenters. The normalized spacial score (nSPS) is 14.7. The van der Waals surface area contributed by atoms with E-state index in [1.165, 1.54) is 0 Å². The first-order valence-corrected chi connectivity index (χ1v) is 11.7. The minimum absolute atomic E-state index is 0.420. The summed E-state index contributed by atoms with van der Waals surface area (Å²) in [5.41, 5.74) is 4.73. The van der Waals surface area contributed by atoms with E-state index in [2.05, 4.69) is 32.5 Å². The van der Waals surface area contributed by atoms with Crippen molar-refractivity contribution in [3.63, 3.8) is 0 Å². The van der Waals surface area contributed by atoms with Gasteiger partial charge in [0.05, 0.1) is 16.9 Å². The molecule has 9 heteroatoms. The number of thioether (sulfide) groups is 1. The second-order valence-corrected chi connectivity index (χ2v) is 8.74. The third-order valence-electron chi connectivity index (χ3n) is 5.08. The molecule has 0 fully saturated rings. The molecule has 0 saturated carbocycles. The van der Waals surface area contributed by atoms with Gasteiger partial charge in [-0.1, -0.05) is 66.7 Å². The monoisotopic (exact) mass is 464 g/mol. The van der Waals surface area contributed by atoms with E-state index in [1.807, 2.05) is 61.5 Å². The number of nitrogens with one attached hydrogen (secondary N) is 1. The summed E-state index contributed by atoms with van der Waals surface area (Å²) in [6.45, 7) is 4.04. The lowest BCUT2D eigenvalue weighted by Crippen LogP contribution is -2.18. The highest BCUT2D eigenvalue weighted by atomic mass is 35.5. The summed E-state index contributed by atoms with van der Waals surface area (Å²) in [6.07, 6.45) is 0.426. The molecule has 162 valence electrons. The van der Waals surface area contributed by atoms with E-state index in [4.69, 9.17) is 16.3 Å². The molecule has 0 radical (unpaired) electrons. The van der Waals surface area contributed by atoms with Gasteiger partial charge in [-0.25, -0.2) is 4.68 Å². The molecule has 1 aliphatic rings. The number of hydrogen-bond acceptors (Lipinski definition) is 7. The van der Waals surface area contributed by atoms with Crippen molar-refractivity contribution in [1.29, 1.82) is 0 Å². The summed E-state index contributed by atoms with van der Waals surface area (Å²) in [6, 6.07) is 17.7. The van der Waals surface area contributed by atoms with Gasteiger partial charge in [-0.3, -0.25) is 0 Å². The lowest BCUT2D eigenvalue weighted by Gasteiger charge is -2.19. The van der Waals surface area contributed by atoms with Crippen LogP contribution in [-0.2, 0) is 0 Å². The van der Waals surface area contributed by atoms with E-state index in [-0.39, 0.29) is 0 Å². The van der Waals surface area contributed by atoms with Gasteiger partial charge in [-0.05, 0) is 31.5 Å². The average molecular weight is 465 g/mol. The highest BCUT2D eigenvalue weighted by molar-refractivity contribution is 7.99. The van der Waals surface area contributed by atoms with Gasteiger partial charge in [-0.15, -0.1) is 10.2 Å². The fourth-order valence-corrected chi connectivity index (χ4v) is 4.59. The lowest BCUT2D eigenvalue weighted by molar-refractivity contribution is 0.224. The molecule has 32 heavy (non-hydrogen) atoms. The summed E-state index contributed by atoms with van der Waals surface area (Å²) in [7, 11) is 0. The summed E-state index contributed by atoms with van der Waals surface area (Å²) < 4.78 is 8.10. The number of halogens is 1. The van der Waals surface area contributed by atoms with Crippen molar-refractivity contribution >= 4 is 29.1 Å². The van der Waals surface area contributed by atoms with E-state index >= 15 is 0 Å². The third-order valence-corrected chi connectivity index (χ3v) is 6.49. The fraction of sp³-hybridized carbons (Fsp3) is 0.217. The summed E-state index contributed by atoms with van der Waals surface area (Å²) in [5, 5.41) is 17.9.